The highest BCUT2D eigenvalue weighted by atomic mass is 16.6. The Kier molecular flexibility index (Phi) is 6.97. The number of rotatable bonds is 7. The Bertz CT molecular complexity index is 1080. The van der Waals surface area contributed by atoms with Crippen molar-refractivity contribution in [1.82, 2.24) is 25.5 Å². The van der Waals surface area contributed by atoms with Crippen molar-refractivity contribution in [3.8, 4) is 0 Å². The largest absolute Gasteiger partial charge is 0.463 e. The molecule has 2 N–H and O–H groups in total. The van der Waals surface area contributed by atoms with Crippen LogP contribution in [0.1, 0.15) is 18.5 Å². The van der Waals surface area contributed by atoms with Crippen LogP contribution in [0.3, 0.4) is 0 Å². The highest BCUT2D eigenvalue weighted by molar-refractivity contribution is 5.95. The first-order valence-electron chi connectivity index (χ1n) is 10.9. The molecule has 4 rings (SSSR count). The lowest BCUT2D eigenvalue weighted by molar-refractivity contribution is -0.384. The second-order valence-corrected chi connectivity index (χ2v) is 7.80. The van der Waals surface area contributed by atoms with Crippen molar-refractivity contribution in [2.45, 2.75) is 13.0 Å². The van der Waals surface area contributed by atoms with Crippen LogP contribution in [0.25, 0.3) is 0 Å². The summed E-state index contributed by atoms with van der Waals surface area (Å²) in [6, 6.07) is 6.27. The number of nitrogens with one attached hydrogen (secondary N) is 2. The predicted octanol–water partition coefficient (Wildman–Crippen LogP) is 1.38. The molecule has 2 amide bonds. The van der Waals surface area contributed by atoms with E-state index < -0.39 is 23.0 Å². The summed E-state index contributed by atoms with van der Waals surface area (Å²) >= 11 is 0. The third-order valence-corrected chi connectivity index (χ3v) is 5.68. The van der Waals surface area contributed by atoms with Gasteiger partial charge in [0.15, 0.2) is 0 Å². The van der Waals surface area contributed by atoms with Gasteiger partial charge in [0.1, 0.15) is 0 Å². The van der Waals surface area contributed by atoms with E-state index in [9.17, 15) is 19.7 Å². The van der Waals surface area contributed by atoms with Crippen LogP contribution in [0.4, 0.5) is 16.4 Å². The first-order valence-corrected chi connectivity index (χ1v) is 10.9. The van der Waals surface area contributed by atoms with Gasteiger partial charge in [0.25, 0.3) is 5.69 Å². The van der Waals surface area contributed by atoms with Crippen molar-refractivity contribution in [2.75, 3.05) is 44.2 Å². The standard InChI is InChI=1S/C22H25N7O5/c1-2-34-20(30)18-17(14-27-10-12-28(13-11-27)21-23-8-3-9-24-21)25-22(31)26-19(18)15-4-6-16(7-5-15)29(32)33/h3-9,19H,2,10-14H2,1H3,(H2,25,26,31). The molecule has 1 fully saturated rings. The summed E-state index contributed by atoms with van der Waals surface area (Å²) in [6.45, 7) is 4.99. The monoisotopic (exact) mass is 467 g/mol. The molecule has 1 atom stereocenters. The molecule has 0 saturated carbocycles. The molecule has 1 unspecified atom stereocenters. The van der Waals surface area contributed by atoms with Gasteiger partial charge < -0.3 is 20.3 Å². The molecule has 0 spiro atoms. The van der Waals surface area contributed by atoms with Crippen LogP contribution in [-0.4, -0.2) is 71.1 Å². The number of carbonyl (C=O) groups is 2. The van der Waals surface area contributed by atoms with Gasteiger partial charge in [-0.15, -0.1) is 0 Å². The molecule has 1 saturated heterocycles. The van der Waals surface area contributed by atoms with Gasteiger partial charge in [0, 0.05) is 62.9 Å². The van der Waals surface area contributed by atoms with Crippen LogP contribution in [0.5, 0.6) is 0 Å². The Morgan fingerprint density at radius 1 is 1.18 bits per heavy atom. The summed E-state index contributed by atoms with van der Waals surface area (Å²) in [6.07, 6.45) is 3.40. The fourth-order valence-corrected chi connectivity index (χ4v) is 4.02. The predicted molar refractivity (Wildman–Crippen MR) is 122 cm³/mol. The molecule has 12 heteroatoms. The van der Waals surface area contributed by atoms with E-state index in [0.717, 1.165) is 0 Å². The smallest absolute Gasteiger partial charge is 0.338 e. The maximum Gasteiger partial charge on any atom is 0.338 e. The second-order valence-electron chi connectivity index (χ2n) is 7.80. The van der Waals surface area contributed by atoms with E-state index in [0.29, 0.717) is 49.9 Å². The normalized spacial score (nSPS) is 18.8. The van der Waals surface area contributed by atoms with Crippen molar-refractivity contribution >= 4 is 23.6 Å². The van der Waals surface area contributed by atoms with Crippen molar-refractivity contribution in [2.24, 2.45) is 0 Å². The van der Waals surface area contributed by atoms with Crippen molar-refractivity contribution < 1.29 is 19.2 Å². The van der Waals surface area contributed by atoms with E-state index in [1.807, 2.05) is 0 Å². The lowest BCUT2D eigenvalue weighted by Crippen LogP contribution is -2.52. The number of piperazine rings is 1. The minimum absolute atomic E-state index is 0.0776. The molecule has 2 aliphatic heterocycles. The lowest BCUT2D eigenvalue weighted by atomic mass is 9.94. The number of nitro benzene ring substituents is 1. The number of esters is 1. The van der Waals surface area contributed by atoms with Crippen molar-refractivity contribution in [3.63, 3.8) is 0 Å². The molecule has 1 aromatic carbocycles. The van der Waals surface area contributed by atoms with Gasteiger partial charge in [0.05, 0.1) is 23.1 Å². The fraction of sp³-hybridized carbons (Fsp3) is 0.364. The maximum atomic E-state index is 12.9. The van der Waals surface area contributed by atoms with Crippen LogP contribution in [-0.2, 0) is 9.53 Å². The van der Waals surface area contributed by atoms with Gasteiger partial charge in [-0.3, -0.25) is 15.0 Å². The zero-order valence-corrected chi connectivity index (χ0v) is 18.6. The zero-order valence-electron chi connectivity index (χ0n) is 18.6. The van der Waals surface area contributed by atoms with Crippen LogP contribution in [0.2, 0.25) is 0 Å². The van der Waals surface area contributed by atoms with Gasteiger partial charge in [-0.1, -0.05) is 0 Å². The number of non-ortho nitro benzene ring substituents is 1. The summed E-state index contributed by atoms with van der Waals surface area (Å²) < 4.78 is 5.28. The number of urea groups is 1. The number of ether oxygens (including phenoxy) is 1. The number of hydrogen-bond donors (Lipinski definition) is 2. The Hall–Kier alpha value is -4.06. The Balaban J connectivity index is 1.57. The van der Waals surface area contributed by atoms with E-state index >= 15 is 0 Å². The lowest BCUT2D eigenvalue weighted by Gasteiger charge is -2.37. The number of anilines is 1. The van der Waals surface area contributed by atoms with Gasteiger partial charge in [-0.05, 0) is 30.7 Å². The highest BCUT2D eigenvalue weighted by Gasteiger charge is 2.35. The van der Waals surface area contributed by atoms with Gasteiger partial charge >= 0.3 is 12.0 Å². The number of nitro groups is 1. The minimum Gasteiger partial charge on any atom is -0.463 e. The molecule has 0 bridgehead atoms. The van der Waals surface area contributed by atoms with E-state index in [1.54, 1.807) is 25.4 Å². The number of amides is 2. The van der Waals surface area contributed by atoms with Gasteiger partial charge in [0.2, 0.25) is 5.95 Å². The van der Waals surface area contributed by atoms with Crippen LogP contribution in [0.15, 0.2) is 54.0 Å². The summed E-state index contributed by atoms with van der Waals surface area (Å²) in [5.74, 6) is 0.117. The van der Waals surface area contributed by atoms with Crippen LogP contribution < -0.4 is 15.5 Å². The second kappa shape index (κ2) is 10.3. The van der Waals surface area contributed by atoms with Crippen LogP contribution >= 0.6 is 0 Å². The summed E-state index contributed by atoms with van der Waals surface area (Å²) in [5.41, 5.74) is 1.21. The highest BCUT2D eigenvalue weighted by Crippen LogP contribution is 2.29. The minimum atomic E-state index is -0.789. The van der Waals surface area contributed by atoms with E-state index in [4.69, 9.17) is 4.74 Å². The third kappa shape index (κ3) is 5.12. The SMILES string of the molecule is CCOC(=O)C1=C(CN2CCN(c3ncccn3)CC2)NC(=O)NC1c1ccc([N+](=O)[O-])cc1. The summed E-state index contributed by atoms with van der Waals surface area (Å²) in [7, 11) is 0. The molecule has 0 aliphatic carbocycles. The summed E-state index contributed by atoms with van der Waals surface area (Å²) in [5, 5.41) is 16.5. The number of carbonyl (C=O) groups excluding carboxylic acids is 2. The van der Waals surface area contributed by atoms with E-state index in [-0.39, 0.29) is 17.9 Å². The molecular formula is C22H25N7O5. The Labute approximate surface area is 195 Å². The van der Waals surface area contributed by atoms with Gasteiger partial charge in [-0.25, -0.2) is 19.6 Å². The molecule has 2 aromatic rings. The summed E-state index contributed by atoms with van der Waals surface area (Å²) in [4.78, 5) is 48.7. The first-order chi connectivity index (χ1) is 16.5. The van der Waals surface area contributed by atoms with E-state index in [2.05, 4.69) is 30.4 Å². The molecule has 3 heterocycles. The third-order valence-electron chi connectivity index (χ3n) is 5.68. The molecule has 2 aliphatic rings. The average Bonchev–Trinajstić information content (AvgIpc) is 2.85. The Morgan fingerprint density at radius 2 is 1.85 bits per heavy atom. The zero-order chi connectivity index (χ0) is 24.1. The van der Waals surface area contributed by atoms with Crippen molar-refractivity contribution in [1.29, 1.82) is 0 Å². The topological polar surface area (TPSA) is 143 Å². The quantitative estimate of drug-likeness (QED) is 0.351. The van der Waals surface area contributed by atoms with Crippen molar-refractivity contribution in [3.05, 3.63) is 69.7 Å². The fourth-order valence-electron chi connectivity index (χ4n) is 4.02. The number of nitrogens with zero attached hydrogens (tertiary/aromatic N) is 5. The van der Waals surface area contributed by atoms with Gasteiger partial charge in [-0.2, -0.15) is 0 Å². The molecule has 178 valence electrons. The molecule has 12 nitrogen and oxygen atoms in total. The van der Waals surface area contributed by atoms with Crippen LogP contribution in [0, 0.1) is 10.1 Å². The molecular weight excluding hydrogens is 442 g/mol. The maximum absolute atomic E-state index is 12.9. The number of benzene rings is 1. The first kappa shape index (κ1) is 23.1. The van der Waals surface area contributed by atoms with E-state index in [1.165, 1.54) is 24.3 Å². The number of hydrogen-bond acceptors (Lipinski definition) is 9. The number of aromatic nitrogens is 2. The molecule has 0 radical (unpaired) electrons. The average molecular weight is 467 g/mol. The Morgan fingerprint density at radius 3 is 2.47 bits per heavy atom. The molecule has 34 heavy (non-hydrogen) atoms. The molecule has 1 aromatic heterocycles.